The normalized spacial score (nSPS) is 9.71. The molecule has 0 bridgehead atoms. The summed E-state index contributed by atoms with van der Waals surface area (Å²) in [5, 5.41) is 0.464. The molecule has 17 heavy (non-hydrogen) atoms. The Balaban J connectivity index is 2.66. The van der Waals surface area contributed by atoms with Crippen LogP contribution in [0.25, 0.3) is 10.9 Å². The molecule has 0 saturated heterocycles. The Morgan fingerprint density at radius 1 is 1.47 bits per heavy atom. The van der Waals surface area contributed by atoms with E-state index >= 15 is 0 Å². The van der Waals surface area contributed by atoms with Crippen molar-refractivity contribution >= 4 is 16.8 Å². The molecule has 1 amide bonds. The Morgan fingerprint density at radius 2 is 2.24 bits per heavy atom. The smallest absolute Gasteiger partial charge is 0.293 e. The van der Waals surface area contributed by atoms with Crippen LogP contribution in [0.5, 0.6) is 0 Å². The SMILES string of the molecule is Cn1cnc2ccc(C#CC(N)=O)cc2c1=O. The number of carbonyl (C=O) groups excluding carboxylic acids is 1. The molecule has 0 atom stereocenters. The molecule has 0 radical (unpaired) electrons. The van der Waals surface area contributed by atoms with Gasteiger partial charge in [0.05, 0.1) is 17.2 Å². The number of primary amides is 1. The zero-order valence-corrected chi connectivity index (χ0v) is 9.10. The number of aryl methyl sites for hydroxylation is 1. The van der Waals surface area contributed by atoms with Crippen molar-refractivity contribution in [1.29, 1.82) is 0 Å². The summed E-state index contributed by atoms with van der Waals surface area (Å²) >= 11 is 0. The molecular formula is C12H9N3O2. The van der Waals surface area contributed by atoms with Gasteiger partial charge in [-0.3, -0.25) is 9.59 Å². The minimum atomic E-state index is -0.704. The Kier molecular flexibility index (Phi) is 2.63. The lowest BCUT2D eigenvalue weighted by atomic mass is 10.1. The topological polar surface area (TPSA) is 78.0 Å². The van der Waals surface area contributed by atoms with E-state index in [1.807, 2.05) is 0 Å². The highest BCUT2D eigenvalue weighted by Crippen LogP contribution is 2.08. The molecule has 2 aromatic rings. The second kappa shape index (κ2) is 4.10. The summed E-state index contributed by atoms with van der Waals surface area (Å²) in [4.78, 5) is 26.4. The third kappa shape index (κ3) is 2.16. The number of carbonyl (C=O) groups is 1. The van der Waals surface area contributed by atoms with Gasteiger partial charge in [-0.15, -0.1) is 0 Å². The molecular weight excluding hydrogens is 218 g/mol. The first-order valence-corrected chi connectivity index (χ1v) is 4.85. The second-order valence-electron chi connectivity index (χ2n) is 3.51. The van der Waals surface area contributed by atoms with Crippen LogP contribution in [0.1, 0.15) is 5.56 Å². The largest absolute Gasteiger partial charge is 0.359 e. The number of benzene rings is 1. The van der Waals surface area contributed by atoms with Crippen molar-refractivity contribution in [3.63, 3.8) is 0 Å². The lowest BCUT2D eigenvalue weighted by molar-refractivity contribution is -0.112. The first kappa shape index (κ1) is 10.9. The van der Waals surface area contributed by atoms with Gasteiger partial charge in [-0.2, -0.15) is 0 Å². The molecule has 0 spiro atoms. The lowest BCUT2D eigenvalue weighted by Gasteiger charge is -2.00. The number of hydrogen-bond donors (Lipinski definition) is 1. The van der Waals surface area contributed by atoms with Gasteiger partial charge in [0.2, 0.25) is 0 Å². The van der Waals surface area contributed by atoms with Crippen LogP contribution in [0.4, 0.5) is 0 Å². The van der Waals surface area contributed by atoms with Crippen molar-refractivity contribution in [3.8, 4) is 11.8 Å². The van der Waals surface area contributed by atoms with E-state index in [1.54, 1.807) is 25.2 Å². The van der Waals surface area contributed by atoms with Crippen LogP contribution in [-0.4, -0.2) is 15.5 Å². The standard InChI is InChI=1S/C12H9N3O2/c1-15-7-14-10-4-2-8(3-5-11(13)16)6-9(10)12(15)17/h2,4,6-7H,1H3,(H2,13,16). The number of hydrogen-bond acceptors (Lipinski definition) is 3. The molecule has 0 aliphatic carbocycles. The molecule has 5 nitrogen and oxygen atoms in total. The average molecular weight is 227 g/mol. The maximum Gasteiger partial charge on any atom is 0.293 e. The summed E-state index contributed by atoms with van der Waals surface area (Å²) < 4.78 is 1.38. The van der Waals surface area contributed by atoms with Crippen LogP contribution in [0.15, 0.2) is 29.3 Å². The molecule has 0 fully saturated rings. The maximum atomic E-state index is 11.8. The summed E-state index contributed by atoms with van der Waals surface area (Å²) in [5.74, 6) is 4.10. The third-order valence-corrected chi connectivity index (χ3v) is 2.25. The zero-order valence-electron chi connectivity index (χ0n) is 9.10. The molecule has 5 heteroatoms. The van der Waals surface area contributed by atoms with Crippen molar-refractivity contribution in [3.05, 3.63) is 40.4 Å². The summed E-state index contributed by atoms with van der Waals surface area (Å²) in [6.45, 7) is 0. The maximum absolute atomic E-state index is 11.8. The van der Waals surface area contributed by atoms with Crippen LogP contribution < -0.4 is 11.3 Å². The van der Waals surface area contributed by atoms with Gasteiger partial charge >= 0.3 is 0 Å². The number of nitrogens with two attached hydrogens (primary N) is 1. The van der Waals surface area contributed by atoms with Crippen molar-refractivity contribution < 1.29 is 4.79 Å². The predicted molar refractivity (Wildman–Crippen MR) is 63.1 cm³/mol. The molecule has 0 saturated carbocycles. The Morgan fingerprint density at radius 3 is 2.94 bits per heavy atom. The van der Waals surface area contributed by atoms with E-state index in [1.165, 1.54) is 10.9 Å². The van der Waals surface area contributed by atoms with E-state index in [9.17, 15) is 9.59 Å². The van der Waals surface area contributed by atoms with E-state index in [2.05, 4.69) is 16.8 Å². The molecule has 0 aliphatic rings. The van der Waals surface area contributed by atoms with E-state index in [0.29, 0.717) is 16.5 Å². The molecule has 1 aromatic carbocycles. The summed E-state index contributed by atoms with van der Waals surface area (Å²) in [6, 6.07) is 4.97. The molecule has 0 unspecified atom stereocenters. The molecule has 1 aromatic heterocycles. The first-order valence-electron chi connectivity index (χ1n) is 4.85. The van der Waals surface area contributed by atoms with Gasteiger partial charge in [0.15, 0.2) is 0 Å². The van der Waals surface area contributed by atoms with E-state index in [0.717, 1.165) is 0 Å². The monoisotopic (exact) mass is 227 g/mol. The van der Waals surface area contributed by atoms with Crippen LogP contribution >= 0.6 is 0 Å². The van der Waals surface area contributed by atoms with E-state index < -0.39 is 5.91 Å². The number of amides is 1. The zero-order chi connectivity index (χ0) is 12.4. The van der Waals surface area contributed by atoms with Gasteiger partial charge in [-0.25, -0.2) is 4.98 Å². The third-order valence-electron chi connectivity index (χ3n) is 2.25. The molecule has 2 N–H and O–H groups in total. The fourth-order valence-electron chi connectivity index (χ4n) is 1.42. The quantitative estimate of drug-likeness (QED) is 0.631. The average Bonchev–Trinajstić information content (AvgIpc) is 2.31. The van der Waals surface area contributed by atoms with Gasteiger partial charge in [0.1, 0.15) is 0 Å². The molecule has 84 valence electrons. The fourth-order valence-corrected chi connectivity index (χ4v) is 1.42. The van der Waals surface area contributed by atoms with Crippen molar-refractivity contribution in [2.24, 2.45) is 12.8 Å². The summed E-state index contributed by atoms with van der Waals surface area (Å²) in [5.41, 5.74) is 5.91. The fraction of sp³-hybridized carbons (Fsp3) is 0.0833. The van der Waals surface area contributed by atoms with E-state index in [4.69, 9.17) is 5.73 Å². The Bertz CT molecular complexity index is 720. The van der Waals surface area contributed by atoms with Crippen LogP contribution in [0.2, 0.25) is 0 Å². The molecule has 2 rings (SSSR count). The predicted octanol–water partition coefficient (Wildman–Crippen LogP) is -0.230. The van der Waals surface area contributed by atoms with Crippen molar-refractivity contribution in [2.75, 3.05) is 0 Å². The highest BCUT2D eigenvalue weighted by Gasteiger charge is 2.01. The van der Waals surface area contributed by atoms with Gasteiger partial charge in [0, 0.05) is 12.6 Å². The van der Waals surface area contributed by atoms with Gasteiger partial charge < -0.3 is 10.3 Å². The lowest BCUT2D eigenvalue weighted by Crippen LogP contribution is -2.16. The van der Waals surface area contributed by atoms with Crippen LogP contribution in [0.3, 0.4) is 0 Å². The first-order chi connectivity index (χ1) is 8.08. The second-order valence-corrected chi connectivity index (χ2v) is 3.51. The summed E-state index contributed by atoms with van der Waals surface area (Å²) in [7, 11) is 1.62. The van der Waals surface area contributed by atoms with Gasteiger partial charge in [-0.1, -0.05) is 5.92 Å². The van der Waals surface area contributed by atoms with Gasteiger partial charge in [-0.05, 0) is 24.1 Å². The summed E-state index contributed by atoms with van der Waals surface area (Å²) in [6.07, 6.45) is 1.46. The minimum absolute atomic E-state index is 0.155. The van der Waals surface area contributed by atoms with Crippen LogP contribution in [0, 0.1) is 11.8 Å². The van der Waals surface area contributed by atoms with Gasteiger partial charge in [0.25, 0.3) is 11.5 Å². The number of fused-ring (bicyclic) bond motifs is 1. The molecule has 1 heterocycles. The Labute approximate surface area is 96.9 Å². The molecule has 0 aliphatic heterocycles. The van der Waals surface area contributed by atoms with Crippen molar-refractivity contribution in [1.82, 2.24) is 9.55 Å². The minimum Gasteiger partial charge on any atom is -0.359 e. The number of aromatic nitrogens is 2. The number of nitrogens with zero attached hydrogens (tertiary/aromatic N) is 2. The van der Waals surface area contributed by atoms with Crippen molar-refractivity contribution in [2.45, 2.75) is 0 Å². The van der Waals surface area contributed by atoms with Crippen LogP contribution in [-0.2, 0) is 11.8 Å². The number of rotatable bonds is 0. The van der Waals surface area contributed by atoms with E-state index in [-0.39, 0.29) is 5.56 Å². The Hall–Kier alpha value is -2.61. The highest BCUT2D eigenvalue weighted by molar-refractivity contribution is 5.92. The highest BCUT2D eigenvalue weighted by atomic mass is 16.1.